The summed E-state index contributed by atoms with van der Waals surface area (Å²) in [7, 11) is 1.64. The molecule has 0 saturated carbocycles. The Morgan fingerprint density at radius 2 is 0.568 bits per heavy atom. The Kier molecular flexibility index (Phi) is 81.4. The van der Waals surface area contributed by atoms with Crippen LogP contribution in [0.4, 0.5) is 0 Å². The topological polar surface area (TPSA) is 418 Å². The third kappa shape index (κ3) is 77.0. The number of ether oxygens (including phenoxy) is 29. The summed E-state index contributed by atoms with van der Waals surface area (Å²) in [6.07, 6.45) is 3.16. The number of rotatable bonds is 98. The molecule has 1 atom stereocenters. The highest BCUT2D eigenvalue weighted by Gasteiger charge is 2.24. The van der Waals surface area contributed by atoms with Gasteiger partial charge in [-0.25, -0.2) is 4.79 Å². The Labute approximate surface area is 695 Å². The smallest absolute Gasteiger partial charge is 0.341 e. The molecule has 2 rings (SSSR count). The Hall–Kier alpha value is -5.14. The van der Waals surface area contributed by atoms with Crippen molar-refractivity contribution in [3.8, 4) is 5.75 Å². The number of aliphatic carboxylic acids is 1. The molecule has 1 aliphatic heterocycles. The minimum Gasteiger partial charge on any atom is -0.482 e. The van der Waals surface area contributed by atoms with Crippen LogP contribution in [0.25, 0.3) is 0 Å². The van der Waals surface area contributed by atoms with Crippen LogP contribution in [0.1, 0.15) is 31.2 Å². The van der Waals surface area contributed by atoms with Crippen molar-refractivity contribution in [3.05, 3.63) is 42.0 Å². The molecule has 0 saturated heterocycles. The first-order valence-corrected chi connectivity index (χ1v) is 40.8. The Bertz CT molecular complexity index is 2440. The highest BCUT2D eigenvalue weighted by Crippen LogP contribution is 2.15. The van der Waals surface area contributed by atoms with Crippen molar-refractivity contribution in [2.24, 2.45) is 0 Å². The van der Waals surface area contributed by atoms with E-state index in [9.17, 15) is 28.8 Å². The highest BCUT2D eigenvalue weighted by molar-refractivity contribution is 6.13. The van der Waals surface area contributed by atoms with Crippen LogP contribution in [0.15, 0.2) is 36.4 Å². The van der Waals surface area contributed by atoms with Gasteiger partial charge in [0, 0.05) is 58.2 Å². The van der Waals surface area contributed by atoms with E-state index in [1.54, 1.807) is 31.4 Å². The number of hydrogen-bond acceptors (Lipinski definition) is 35. The molecule has 0 unspecified atom stereocenters. The first kappa shape index (κ1) is 109. The summed E-state index contributed by atoms with van der Waals surface area (Å²) in [6.45, 7) is 23.6. The molecule has 39 nitrogen and oxygen atoms in total. The van der Waals surface area contributed by atoms with Crippen LogP contribution in [0.5, 0.6) is 5.75 Å². The van der Waals surface area contributed by atoms with Gasteiger partial charge in [0.15, 0.2) is 12.4 Å². The highest BCUT2D eigenvalue weighted by atomic mass is 16.6. The van der Waals surface area contributed by atoms with Crippen molar-refractivity contribution in [1.29, 1.82) is 0 Å². The normalized spacial score (nSPS) is 12.4. The third-order valence-electron chi connectivity index (χ3n) is 15.4. The van der Waals surface area contributed by atoms with Gasteiger partial charge in [-0.3, -0.25) is 28.9 Å². The number of carboxylic acids is 1. The molecular formula is C79H139N3O36. The van der Waals surface area contributed by atoms with Gasteiger partial charge in [-0.15, -0.1) is 0 Å². The molecule has 4 amide bonds. The maximum atomic E-state index is 13.4. The number of hydrogen-bond donors (Lipinski definition) is 3. The molecule has 1 aromatic rings. The van der Waals surface area contributed by atoms with Gasteiger partial charge in [-0.1, -0.05) is 12.1 Å². The Balaban J connectivity index is 1.23. The number of methoxy groups -OCH3 is 1. The number of imide groups is 1. The number of nitrogens with zero attached hydrogens (tertiary/aromatic N) is 1. The number of Topliss-reactive ketones (excluding diaryl/α,β-unsaturated/α-hetero) is 1. The van der Waals surface area contributed by atoms with Crippen molar-refractivity contribution in [1.82, 2.24) is 15.5 Å². The van der Waals surface area contributed by atoms with Crippen molar-refractivity contribution in [3.63, 3.8) is 0 Å². The van der Waals surface area contributed by atoms with Crippen LogP contribution in [0.3, 0.4) is 0 Å². The first-order valence-electron chi connectivity index (χ1n) is 40.8. The molecule has 0 spiro atoms. The van der Waals surface area contributed by atoms with Crippen molar-refractivity contribution >= 4 is 35.4 Å². The minimum atomic E-state index is -1.11. The number of benzene rings is 1. The number of carbonyl (C=O) groups excluding carboxylic acids is 5. The average Bonchev–Trinajstić information content (AvgIpc) is 1.63. The monoisotopic (exact) mass is 1710 g/mol. The summed E-state index contributed by atoms with van der Waals surface area (Å²) >= 11 is 0. The van der Waals surface area contributed by atoms with Gasteiger partial charge in [0.05, 0.1) is 363 Å². The number of carboxylic acid groups (broad SMARTS) is 1. The largest absolute Gasteiger partial charge is 0.482 e. The molecule has 0 bridgehead atoms. The summed E-state index contributed by atoms with van der Waals surface area (Å²) in [6, 6.07) is 5.82. The second kappa shape index (κ2) is 88.2. The van der Waals surface area contributed by atoms with E-state index >= 15 is 0 Å². The molecule has 39 heteroatoms. The van der Waals surface area contributed by atoms with Crippen LogP contribution in [0.2, 0.25) is 0 Å². The van der Waals surface area contributed by atoms with Gasteiger partial charge in [0.2, 0.25) is 11.8 Å². The molecule has 118 heavy (non-hydrogen) atoms. The van der Waals surface area contributed by atoms with E-state index in [2.05, 4.69) is 10.6 Å². The summed E-state index contributed by atoms with van der Waals surface area (Å²) in [5.74, 6) is -2.44. The maximum Gasteiger partial charge on any atom is 0.341 e. The summed E-state index contributed by atoms with van der Waals surface area (Å²) in [4.78, 5) is 73.4. The average molecular weight is 1710 g/mol. The van der Waals surface area contributed by atoms with E-state index < -0.39 is 30.4 Å². The van der Waals surface area contributed by atoms with Gasteiger partial charge < -0.3 is 153 Å². The number of carbonyl (C=O) groups is 6. The van der Waals surface area contributed by atoms with Crippen LogP contribution >= 0.6 is 0 Å². The van der Waals surface area contributed by atoms with E-state index in [0.29, 0.717) is 349 Å². The zero-order valence-electron chi connectivity index (χ0n) is 69.8. The second-order valence-corrected chi connectivity index (χ2v) is 24.8. The van der Waals surface area contributed by atoms with E-state index in [1.807, 2.05) is 0 Å². The maximum absolute atomic E-state index is 13.4. The van der Waals surface area contributed by atoms with Gasteiger partial charge >= 0.3 is 5.97 Å². The lowest BCUT2D eigenvalue weighted by atomic mass is 9.99. The molecule has 0 aliphatic carbocycles. The fraction of sp³-hybridized carbons (Fsp3) is 0.823. The van der Waals surface area contributed by atoms with Crippen molar-refractivity contribution in [2.45, 2.75) is 38.1 Å². The zero-order valence-corrected chi connectivity index (χ0v) is 69.8. The van der Waals surface area contributed by atoms with E-state index in [-0.39, 0.29) is 82.8 Å². The molecule has 1 aromatic carbocycles. The quantitative estimate of drug-likeness (QED) is 0.0588. The fourth-order valence-electron chi connectivity index (χ4n) is 9.36. The number of nitrogens with one attached hydrogen (secondary N) is 2. The minimum absolute atomic E-state index is 0.00615. The van der Waals surface area contributed by atoms with E-state index in [0.717, 1.165) is 10.5 Å². The van der Waals surface area contributed by atoms with Gasteiger partial charge in [0.25, 0.3) is 11.8 Å². The predicted octanol–water partition coefficient (Wildman–Crippen LogP) is 0.443. The van der Waals surface area contributed by atoms with Crippen molar-refractivity contribution < 1.29 is 171 Å². The lowest BCUT2D eigenvalue weighted by molar-refractivity contribution is -0.140. The summed E-state index contributed by atoms with van der Waals surface area (Å²) in [5.41, 5.74) is 0.741. The summed E-state index contributed by atoms with van der Waals surface area (Å²) in [5, 5.41) is 14.4. The Morgan fingerprint density at radius 3 is 0.839 bits per heavy atom. The van der Waals surface area contributed by atoms with E-state index in [4.69, 9.17) is 142 Å². The van der Waals surface area contributed by atoms with Crippen LogP contribution in [0, 0.1) is 0 Å². The lowest BCUT2D eigenvalue weighted by Crippen LogP contribution is -2.42. The molecule has 0 fully saturated rings. The summed E-state index contributed by atoms with van der Waals surface area (Å²) < 4.78 is 159. The van der Waals surface area contributed by atoms with Crippen LogP contribution in [-0.2, 0) is 168 Å². The van der Waals surface area contributed by atoms with Gasteiger partial charge in [-0.2, -0.15) is 0 Å². The first-order chi connectivity index (χ1) is 58.2. The molecule has 1 aliphatic rings. The Morgan fingerprint density at radius 1 is 0.314 bits per heavy atom. The molecule has 1 heterocycles. The number of amides is 4. The molecule has 0 aromatic heterocycles. The SMILES string of the molecule is COCCOCCOCCOCCOCCOCCOCCOCCOCCOCCOCCOCCOCCOCCOCCOCCOCCOCCOCCOCCOCCOCCOCCOCCCC(=O)[C@H](Cc1ccc(OCC(=O)O)cc1)NC(=O)CCOCCOCCOCCOCCNC(=O)CCN1C(=O)C=CC1=O. The second-order valence-electron chi connectivity index (χ2n) is 24.8. The lowest BCUT2D eigenvalue weighted by Gasteiger charge is -2.18. The van der Waals surface area contributed by atoms with Crippen LogP contribution < -0.4 is 15.4 Å². The van der Waals surface area contributed by atoms with Crippen LogP contribution in [-0.4, -0.2) is 442 Å². The van der Waals surface area contributed by atoms with Crippen molar-refractivity contribution in [2.75, 3.05) is 390 Å². The molecule has 686 valence electrons. The zero-order chi connectivity index (χ0) is 84.5. The van der Waals surface area contributed by atoms with Gasteiger partial charge in [0.1, 0.15) is 5.75 Å². The predicted molar refractivity (Wildman–Crippen MR) is 422 cm³/mol. The standard InChI is InChI=1S/C79H139N3O36/c1-90-17-18-94-25-26-98-31-32-100-35-36-102-39-40-104-43-44-106-47-48-108-51-52-110-55-56-112-59-60-114-63-64-116-67-68-117-66-65-115-62-61-113-58-57-111-54-53-109-50-49-107-46-45-105-42-41-103-38-37-101-34-33-99-30-27-95-22-19-91-14-2-3-74(83)73(69-71-4-6-72(7-5-71)118-70-79(88)89)81-76(85)11-15-92-20-23-96-28-29-97-24-21-93-16-12-80-75(84)10-13-82-77(86)8-9-78(82)87/h4-9,73H,2-3,10-70H2,1H3,(H,80,84)(H,81,85)(H,88,89)/t73-/m0/s1. The fourth-order valence-corrected chi connectivity index (χ4v) is 9.36. The van der Waals surface area contributed by atoms with Gasteiger partial charge in [-0.05, 0) is 30.5 Å². The molecule has 3 N–H and O–H groups in total. The van der Waals surface area contributed by atoms with E-state index in [1.165, 1.54) is 12.2 Å². The number of ketones is 1. The third-order valence-corrected chi connectivity index (χ3v) is 15.4. The molecule has 0 radical (unpaired) electrons. The molecular weight excluding hydrogens is 1570 g/mol.